The third-order valence-electron chi connectivity index (χ3n) is 3.89. The molecule has 0 saturated heterocycles. The van der Waals surface area contributed by atoms with Crippen LogP contribution >= 0.6 is 0 Å². The van der Waals surface area contributed by atoms with E-state index in [4.69, 9.17) is 10.2 Å². The van der Waals surface area contributed by atoms with Crippen molar-refractivity contribution in [3.63, 3.8) is 0 Å². The molecule has 2 aromatic carbocycles. The highest BCUT2D eigenvalue weighted by atomic mass is 19.4. The molecule has 0 fully saturated rings. The molecule has 0 unspecified atom stereocenters. The van der Waals surface area contributed by atoms with E-state index in [1.54, 1.807) is 24.3 Å². The molecule has 1 aromatic heterocycles. The molecular formula is C20H15F3N2O3. The second kappa shape index (κ2) is 7.59. The average molecular weight is 388 g/mol. The molecule has 0 bridgehead atoms. The molecule has 28 heavy (non-hydrogen) atoms. The van der Waals surface area contributed by atoms with Gasteiger partial charge in [0.25, 0.3) is 5.91 Å². The average Bonchev–Trinajstić information content (AvgIpc) is 3.13. The molecule has 5 nitrogen and oxygen atoms in total. The smallest absolute Gasteiger partial charge is 0.416 e. The van der Waals surface area contributed by atoms with Crippen molar-refractivity contribution in [2.24, 2.45) is 5.73 Å². The van der Waals surface area contributed by atoms with E-state index in [1.165, 1.54) is 24.3 Å². The summed E-state index contributed by atoms with van der Waals surface area (Å²) in [7, 11) is 0. The van der Waals surface area contributed by atoms with Crippen LogP contribution in [-0.4, -0.2) is 11.8 Å². The summed E-state index contributed by atoms with van der Waals surface area (Å²) in [5, 5.41) is 2.61. The summed E-state index contributed by atoms with van der Waals surface area (Å²) < 4.78 is 43.9. The van der Waals surface area contributed by atoms with E-state index >= 15 is 0 Å². The number of carbonyl (C=O) groups is 2. The minimum absolute atomic E-state index is 0.0476. The number of halogens is 3. The van der Waals surface area contributed by atoms with Gasteiger partial charge in [-0.1, -0.05) is 24.3 Å². The Kier molecular flexibility index (Phi) is 5.21. The van der Waals surface area contributed by atoms with E-state index in [-0.39, 0.29) is 23.5 Å². The number of amides is 2. The molecule has 8 heteroatoms. The molecule has 0 atom stereocenters. The van der Waals surface area contributed by atoms with Crippen LogP contribution < -0.4 is 11.1 Å². The molecule has 0 saturated carbocycles. The lowest BCUT2D eigenvalue weighted by Crippen LogP contribution is -2.14. The van der Waals surface area contributed by atoms with Gasteiger partial charge < -0.3 is 15.5 Å². The number of hydrogen-bond donors (Lipinski definition) is 2. The fourth-order valence-electron chi connectivity index (χ4n) is 2.56. The Bertz CT molecular complexity index is 1010. The minimum Gasteiger partial charge on any atom is -0.451 e. The van der Waals surface area contributed by atoms with Gasteiger partial charge in [-0.2, -0.15) is 13.2 Å². The Labute approximate surface area is 158 Å². The lowest BCUT2D eigenvalue weighted by atomic mass is 10.1. The Morgan fingerprint density at radius 2 is 1.71 bits per heavy atom. The number of nitrogens with one attached hydrogen (secondary N) is 1. The minimum atomic E-state index is -4.47. The summed E-state index contributed by atoms with van der Waals surface area (Å²) in [6.07, 6.45) is -4.38. The third kappa shape index (κ3) is 4.59. The van der Waals surface area contributed by atoms with E-state index in [0.29, 0.717) is 11.3 Å². The number of anilines is 1. The first-order chi connectivity index (χ1) is 13.2. The van der Waals surface area contributed by atoms with E-state index in [0.717, 1.165) is 12.1 Å². The van der Waals surface area contributed by atoms with Gasteiger partial charge in [-0.05, 0) is 42.0 Å². The van der Waals surface area contributed by atoms with Crippen molar-refractivity contribution in [3.8, 4) is 11.3 Å². The fourth-order valence-corrected chi connectivity index (χ4v) is 2.56. The second-order valence-corrected chi connectivity index (χ2v) is 6.04. The van der Waals surface area contributed by atoms with Crippen molar-refractivity contribution in [2.75, 3.05) is 5.32 Å². The van der Waals surface area contributed by atoms with Crippen molar-refractivity contribution in [3.05, 3.63) is 77.6 Å². The number of alkyl halides is 3. The molecule has 144 valence electrons. The molecule has 0 aliphatic heterocycles. The highest BCUT2D eigenvalue weighted by Gasteiger charge is 2.30. The first kappa shape index (κ1) is 19.2. The maximum atomic E-state index is 12.8. The predicted molar refractivity (Wildman–Crippen MR) is 96.4 cm³/mol. The van der Waals surface area contributed by atoms with E-state index in [9.17, 15) is 22.8 Å². The molecule has 2 amide bonds. The first-order valence-corrected chi connectivity index (χ1v) is 8.18. The molecule has 0 spiro atoms. The summed E-state index contributed by atoms with van der Waals surface area (Å²) in [6.45, 7) is 0. The van der Waals surface area contributed by atoms with Crippen LogP contribution in [0.3, 0.4) is 0 Å². The lowest BCUT2D eigenvalue weighted by molar-refractivity contribution is -0.137. The molecule has 0 aliphatic rings. The van der Waals surface area contributed by atoms with Crippen LogP contribution in [0.2, 0.25) is 0 Å². The van der Waals surface area contributed by atoms with Crippen LogP contribution in [0.4, 0.5) is 18.9 Å². The number of hydrogen-bond acceptors (Lipinski definition) is 3. The van der Waals surface area contributed by atoms with Gasteiger partial charge in [0.1, 0.15) is 5.76 Å². The Balaban J connectivity index is 1.73. The van der Waals surface area contributed by atoms with Gasteiger partial charge in [-0.25, -0.2) is 0 Å². The summed E-state index contributed by atoms with van der Waals surface area (Å²) in [4.78, 5) is 23.2. The third-order valence-corrected chi connectivity index (χ3v) is 3.89. The van der Waals surface area contributed by atoms with Crippen LogP contribution in [0.1, 0.15) is 21.7 Å². The number of nitrogens with two attached hydrogens (primary N) is 1. The first-order valence-electron chi connectivity index (χ1n) is 8.18. The monoisotopic (exact) mass is 388 g/mol. The SMILES string of the molecule is NC(=O)Cc1ccc(NC(=O)c2ccc(-c3cccc(C(F)(F)F)c3)o2)cc1. The van der Waals surface area contributed by atoms with Crippen molar-refractivity contribution >= 4 is 17.5 Å². The number of rotatable bonds is 5. The normalized spacial score (nSPS) is 11.2. The molecule has 0 aliphatic carbocycles. The number of benzene rings is 2. The van der Waals surface area contributed by atoms with Gasteiger partial charge in [0.2, 0.25) is 5.91 Å². The Hall–Kier alpha value is -3.55. The summed E-state index contributed by atoms with van der Waals surface area (Å²) in [6, 6.07) is 14.0. The zero-order chi connectivity index (χ0) is 20.3. The number of primary amides is 1. The molecule has 1 heterocycles. The highest BCUT2D eigenvalue weighted by molar-refractivity contribution is 6.02. The molecule has 3 rings (SSSR count). The van der Waals surface area contributed by atoms with Crippen LogP contribution in [-0.2, 0) is 17.4 Å². The molecular weight excluding hydrogens is 373 g/mol. The van der Waals surface area contributed by atoms with Gasteiger partial charge in [0.05, 0.1) is 12.0 Å². The topological polar surface area (TPSA) is 85.3 Å². The predicted octanol–water partition coefficient (Wildman–Crippen LogP) is 4.25. The largest absolute Gasteiger partial charge is 0.451 e. The van der Waals surface area contributed by atoms with Crippen LogP contribution in [0.25, 0.3) is 11.3 Å². The van der Waals surface area contributed by atoms with Crippen molar-refractivity contribution in [1.82, 2.24) is 0 Å². The van der Waals surface area contributed by atoms with E-state index in [1.807, 2.05) is 0 Å². The van der Waals surface area contributed by atoms with Crippen LogP contribution in [0.15, 0.2) is 65.1 Å². The van der Waals surface area contributed by atoms with Crippen molar-refractivity contribution < 1.29 is 27.2 Å². The van der Waals surface area contributed by atoms with Gasteiger partial charge >= 0.3 is 6.18 Å². The molecule has 0 radical (unpaired) electrons. The maximum Gasteiger partial charge on any atom is 0.416 e. The maximum absolute atomic E-state index is 12.8. The lowest BCUT2D eigenvalue weighted by Gasteiger charge is -2.07. The number of furan rings is 1. The van der Waals surface area contributed by atoms with Gasteiger partial charge in [-0.15, -0.1) is 0 Å². The summed E-state index contributed by atoms with van der Waals surface area (Å²) in [5.74, 6) is -0.919. The highest BCUT2D eigenvalue weighted by Crippen LogP contribution is 2.32. The molecule has 3 N–H and O–H groups in total. The standard InChI is InChI=1S/C20H15F3N2O3/c21-20(22,23)14-3-1-2-13(11-14)16-8-9-17(28-16)19(27)25-15-6-4-12(5-7-15)10-18(24)26/h1-9,11H,10H2,(H2,24,26)(H,25,27). The molecule has 3 aromatic rings. The van der Waals surface area contributed by atoms with Crippen molar-refractivity contribution in [2.45, 2.75) is 12.6 Å². The van der Waals surface area contributed by atoms with Crippen LogP contribution in [0, 0.1) is 0 Å². The van der Waals surface area contributed by atoms with Crippen molar-refractivity contribution in [1.29, 1.82) is 0 Å². The van der Waals surface area contributed by atoms with Gasteiger partial charge in [0.15, 0.2) is 5.76 Å². The Morgan fingerprint density at radius 1 is 1.00 bits per heavy atom. The number of carbonyl (C=O) groups excluding carboxylic acids is 2. The summed E-state index contributed by atoms with van der Waals surface area (Å²) >= 11 is 0. The van der Waals surface area contributed by atoms with E-state index in [2.05, 4.69) is 5.32 Å². The zero-order valence-corrected chi connectivity index (χ0v) is 14.4. The summed E-state index contributed by atoms with van der Waals surface area (Å²) in [5.41, 5.74) is 5.70. The fraction of sp³-hybridized carbons (Fsp3) is 0.100. The second-order valence-electron chi connectivity index (χ2n) is 6.04. The van der Waals surface area contributed by atoms with Gasteiger partial charge in [0, 0.05) is 11.3 Å². The van der Waals surface area contributed by atoms with Crippen LogP contribution in [0.5, 0.6) is 0 Å². The zero-order valence-electron chi connectivity index (χ0n) is 14.4. The Morgan fingerprint density at radius 3 is 2.36 bits per heavy atom. The van der Waals surface area contributed by atoms with Gasteiger partial charge in [-0.3, -0.25) is 9.59 Å². The quantitative estimate of drug-likeness (QED) is 0.685. The van der Waals surface area contributed by atoms with E-state index < -0.39 is 23.6 Å².